The number of nitrogens with zero attached hydrogens (tertiary/aromatic N) is 5. The summed E-state index contributed by atoms with van der Waals surface area (Å²) in [6.45, 7) is 2.63. The Morgan fingerprint density at radius 3 is 2.89 bits per heavy atom. The van der Waals surface area contributed by atoms with Crippen LogP contribution in [0, 0.1) is 0 Å². The summed E-state index contributed by atoms with van der Waals surface area (Å²) in [5, 5.41) is 4.20. The third-order valence-corrected chi connectivity index (χ3v) is 5.87. The van der Waals surface area contributed by atoms with E-state index in [0.29, 0.717) is 5.92 Å². The number of H-pyrrole nitrogens is 1. The minimum absolute atomic E-state index is 0.0302. The van der Waals surface area contributed by atoms with Gasteiger partial charge in [-0.15, -0.1) is 0 Å². The molecule has 1 amide bonds. The molecule has 2 saturated heterocycles. The Morgan fingerprint density at radius 2 is 2.07 bits per heavy atom. The van der Waals surface area contributed by atoms with Gasteiger partial charge < -0.3 is 9.88 Å². The van der Waals surface area contributed by atoms with Gasteiger partial charge in [0, 0.05) is 32.3 Å². The number of fused-ring (bicyclic) bond motifs is 1. The molecule has 2 fully saturated rings. The van der Waals surface area contributed by atoms with Crippen molar-refractivity contribution in [2.24, 2.45) is 7.05 Å². The second-order valence-electron chi connectivity index (χ2n) is 7.64. The quantitative estimate of drug-likeness (QED) is 0.774. The zero-order valence-electron chi connectivity index (χ0n) is 15.5. The minimum Gasteiger partial charge on any atom is -0.342 e. The summed E-state index contributed by atoms with van der Waals surface area (Å²) >= 11 is 0. The molecule has 0 bridgehead atoms. The number of benzene rings is 1. The average Bonchev–Trinajstić information content (AvgIpc) is 3.39. The lowest BCUT2D eigenvalue weighted by Gasteiger charge is -2.35. The Bertz CT molecular complexity index is 943. The highest BCUT2D eigenvalue weighted by atomic mass is 16.2. The number of aromatic nitrogens is 4. The van der Waals surface area contributed by atoms with E-state index in [2.05, 4.69) is 21.0 Å². The molecule has 2 aromatic heterocycles. The standard InChI is InChI=1S/C20H24N6O/c1-24-13-15(11-21-24)26-10-8-18(20(26)27)25-9-4-5-14(12-25)19-22-16-6-2-3-7-17(16)23-19/h2-3,6-7,11,13-14,18H,4-5,8-10,12H2,1H3,(H,22,23)/t14-,18-/m0/s1. The molecule has 1 N–H and O–H groups in total. The molecule has 140 valence electrons. The fourth-order valence-corrected chi connectivity index (χ4v) is 4.49. The van der Waals surface area contributed by atoms with Gasteiger partial charge in [-0.25, -0.2) is 4.98 Å². The van der Waals surface area contributed by atoms with Gasteiger partial charge in [0.2, 0.25) is 5.91 Å². The van der Waals surface area contributed by atoms with Gasteiger partial charge in [0.1, 0.15) is 5.82 Å². The molecule has 2 aliphatic heterocycles. The van der Waals surface area contributed by atoms with E-state index in [1.807, 2.05) is 36.3 Å². The van der Waals surface area contributed by atoms with E-state index in [9.17, 15) is 4.79 Å². The second kappa shape index (κ2) is 6.49. The molecule has 2 atom stereocenters. The first-order chi connectivity index (χ1) is 13.2. The Hall–Kier alpha value is -2.67. The topological polar surface area (TPSA) is 70.1 Å². The molecule has 0 saturated carbocycles. The van der Waals surface area contributed by atoms with Crippen molar-refractivity contribution in [1.82, 2.24) is 24.6 Å². The molecule has 27 heavy (non-hydrogen) atoms. The zero-order chi connectivity index (χ0) is 18.4. The molecule has 7 nitrogen and oxygen atoms in total. The number of anilines is 1. The number of piperidine rings is 1. The largest absolute Gasteiger partial charge is 0.342 e. The van der Waals surface area contributed by atoms with Crippen LogP contribution >= 0.6 is 0 Å². The highest BCUT2D eigenvalue weighted by Gasteiger charge is 2.39. The van der Waals surface area contributed by atoms with Crippen LogP contribution in [0.2, 0.25) is 0 Å². The Morgan fingerprint density at radius 1 is 1.19 bits per heavy atom. The smallest absolute Gasteiger partial charge is 0.244 e. The maximum Gasteiger partial charge on any atom is 0.244 e. The number of hydrogen-bond donors (Lipinski definition) is 1. The summed E-state index contributed by atoms with van der Waals surface area (Å²) in [4.78, 5) is 25.5. The van der Waals surface area contributed by atoms with Crippen molar-refractivity contribution in [3.8, 4) is 0 Å². The van der Waals surface area contributed by atoms with E-state index in [0.717, 1.165) is 61.4 Å². The van der Waals surface area contributed by atoms with Gasteiger partial charge >= 0.3 is 0 Å². The lowest BCUT2D eigenvalue weighted by Crippen LogP contribution is -2.46. The normalized spacial score (nSPS) is 24.2. The number of aryl methyl sites for hydroxylation is 1. The van der Waals surface area contributed by atoms with E-state index in [-0.39, 0.29) is 11.9 Å². The highest BCUT2D eigenvalue weighted by molar-refractivity contribution is 5.99. The molecule has 0 spiro atoms. The summed E-state index contributed by atoms with van der Waals surface area (Å²) in [7, 11) is 1.88. The van der Waals surface area contributed by atoms with Crippen LogP contribution < -0.4 is 4.90 Å². The summed E-state index contributed by atoms with van der Waals surface area (Å²) in [5.74, 6) is 1.61. The fourth-order valence-electron chi connectivity index (χ4n) is 4.49. The minimum atomic E-state index is -0.0302. The van der Waals surface area contributed by atoms with Gasteiger partial charge in [0.25, 0.3) is 0 Å². The lowest BCUT2D eigenvalue weighted by atomic mass is 9.95. The average molecular weight is 364 g/mol. The number of carbonyl (C=O) groups excluding carboxylic acids is 1. The molecule has 1 aromatic carbocycles. The van der Waals surface area contributed by atoms with E-state index in [1.165, 1.54) is 0 Å². The van der Waals surface area contributed by atoms with Crippen molar-refractivity contribution in [2.75, 3.05) is 24.5 Å². The van der Waals surface area contributed by atoms with Crippen LogP contribution in [0.1, 0.15) is 31.0 Å². The van der Waals surface area contributed by atoms with Crippen molar-refractivity contribution in [3.63, 3.8) is 0 Å². The van der Waals surface area contributed by atoms with Crippen LogP contribution in [0.25, 0.3) is 11.0 Å². The number of hydrogen-bond acceptors (Lipinski definition) is 4. The van der Waals surface area contributed by atoms with Crippen LogP contribution in [0.5, 0.6) is 0 Å². The van der Waals surface area contributed by atoms with Crippen LogP contribution in [0.15, 0.2) is 36.7 Å². The second-order valence-corrected chi connectivity index (χ2v) is 7.64. The fraction of sp³-hybridized carbons (Fsp3) is 0.450. The van der Waals surface area contributed by atoms with Gasteiger partial charge in [-0.3, -0.25) is 14.4 Å². The number of nitrogens with one attached hydrogen (secondary N) is 1. The third kappa shape index (κ3) is 2.92. The van der Waals surface area contributed by atoms with E-state index < -0.39 is 0 Å². The first-order valence-electron chi connectivity index (χ1n) is 9.68. The molecular formula is C20H24N6O. The maximum atomic E-state index is 13.0. The van der Waals surface area contributed by atoms with Gasteiger partial charge in [-0.1, -0.05) is 12.1 Å². The summed E-state index contributed by atoms with van der Waals surface area (Å²) < 4.78 is 1.74. The molecule has 0 unspecified atom stereocenters. The Balaban J connectivity index is 1.33. The van der Waals surface area contributed by atoms with Gasteiger partial charge in [-0.05, 0) is 37.9 Å². The van der Waals surface area contributed by atoms with E-state index >= 15 is 0 Å². The van der Waals surface area contributed by atoms with Crippen molar-refractivity contribution in [2.45, 2.75) is 31.2 Å². The maximum absolute atomic E-state index is 13.0. The molecule has 3 aromatic rings. The highest BCUT2D eigenvalue weighted by Crippen LogP contribution is 2.31. The number of rotatable bonds is 3. The van der Waals surface area contributed by atoms with Gasteiger partial charge in [-0.2, -0.15) is 5.10 Å². The van der Waals surface area contributed by atoms with Crippen LogP contribution in [0.4, 0.5) is 5.69 Å². The molecule has 0 aliphatic carbocycles. The summed E-state index contributed by atoms with van der Waals surface area (Å²) in [5.41, 5.74) is 3.00. The number of amides is 1. The third-order valence-electron chi connectivity index (χ3n) is 5.87. The van der Waals surface area contributed by atoms with E-state index in [1.54, 1.807) is 10.9 Å². The summed E-state index contributed by atoms with van der Waals surface area (Å²) in [6, 6.07) is 8.13. The van der Waals surface area contributed by atoms with Gasteiger partial charge in [0.15, 0.2) is 0 Å². The van der Waals surface area contributed by atoms with Crippen molar-refractivity contribution in [3.05, 3.63) is 42.5 Å². The predicted molar refractivity (Wildman–Crippen MR) is 104 cm³/mol. The first kappa shape index (κ1) is 16.5. The van der Waals surface area contributed by atoms with Crippen LogP contribution in [0.3, 0.4) is 0 Å². The Kier molecular flexibility index (Phi) is 3.97. The monoisotopic (exact) mass is 364 g/mol. The van der Waals surface area contributed by atoms with Gasteiger partial charge in [0.05, 0.1) is 29.0 Å². The van der Waals surface area contributed by atoms with Crippen molar-refractivity contribution < 1.29 is 4.79 Å². The van der Waals surface area contributed by atoms with E-state index in [4.69, 9.17) is 4.98 Å². The molecule has 2 aliphatic rings. The molecule has 0 radical (unpaired) electrons. The predicted octanol–water partition coefficient (Wildman–Crippen LogP) is 2.28. The number of carbonyl (C=O) groups is 1. The number of para-hydroxylation sites is 2. The molecule has 7 heteroatoms. The molecular weight excluding hydrogens is 340 g/mol. The number of aromatic amines is 1. The van der Waals surface area contributed by atoms with Crippen LogP contribution in [-0.4, -0.2) is 56.2 Å². The zero-order valence-corrected chi connectivity index (χ0v) is 15.5. The number of likely N-dealkylation sites (tertiary alicyclic amines) is 1. The van der Waals surface area contributed by atoms with Crippen molar-refractivity contribution in [1.29, 1.82) is 0 Å². The SMILES string of the molecule is Cn1cc(N2CC[C@H](N3CCC[C@H](c4nc5ccccc5[nH]4)C3)C2=O)cn1. The summed E-state index contributed by atoms with van der Waals surface area (Å²) in [6.07, 6.45) is 6.77. The van der Waals surface area contributed by atoms with Crippen molar-refractivity contribution >= 4 is 22.6 Å². The first-order valence-corrected chi connectivity index (χ1v) is 9.68. The van der Waals surface area contributed by atoms with Crippen LogP contribution in [-0.2, 0) is 11.8 Å². The lowest BCUT2D eigenvalue weighted by molar-refractivity contribution is -0.122. The Labute approximate surface area is 158 Å². The molecule has 5 rings (SSSR count). The number of imidazole rings is 1. The molecule has 4 heterocycles.